The molecule has 2 N–H and O–H groups in total. The number of carbonyl (C=O) groups excluding carboxylic acids is 2. The van der Waals surface area contributed by atoms with E-state index < -0.39 is 0 Å². The summed E-state index contributed by atoms with van der Waals surface area (Å²) in [6.07, 6.45) is 1.78. The fourth-order valence-electron chi connectivity index (χ4n) is 2.31. The van der Waals surface area contributed by atoms with Gasteiger partial charge in [0, 0.05) is 28.4 Å². The molecule has 0 saturated heterocycles. The lowest BCUT2D eigenvalue weighted by molar-refractivity contribution is -0.115. The standard InChI is InChI=1S/C20H17ClN2O3S/c21-16-7-1-2-9-18(16)27-12-10-19(24)22-14-5-3-6-15(13-14)23-20(25)17-8-4-11-26-17/h1-9,11,13H,10,12H2,(H,22,24)(H,23,25). The quantitative estimate of drug-likeness (QED) is 0.527. The highest BCUT2D eigenvalue weighted by atomic mass is 35.5. The summed E-state index contributed by atoms with van der Waals surface area (Å²) >= 11 is 7.64. The largest absolute Gasteiger partial charge is 0.459 e. The van der Waals surface area contributed by atoms with Crippen LogP contribution in [0.25, 0.3) is 0 Å². The average molecular weight is 401 g/mol. The number of anilines is 2. The molecule has 2 amide bonds. The lowest BCUT2D eigenvalue weighted by Crippen LogP contribution is -2.13. The number of thioether (sulfide) groups is 1. The van der Waals surface area contributed by atoms with Crippen molar-refractivity contribution in [3.05, 3.63) is 77.7 Å². The van der Waals surface area contributed by atoms with Crippen molar-refractivity contribution in [3.8, 4) is 0 Å². The Morgan fingerprint density at radius 2 is 1.74 bits per heavy atom. The van der Waals surface area contributed by atoms with E-state index in [2.05, 4.69) is 10.6 Å². The van der Waals surface area contributed by atoms with Crippen molar-refractivity contribution >= 4 is 46.6 Å². The normalized spacial score (nSPS) is 10.4. The molecule has 0 aliphatic carbocycles. The molecule has 0 bridgehead atoms. The van der Waals surface area contributed by atoms with E-state index in [0.29, 0.717) is 28.6 Å². The van der Waals surface area contributed by atoms with E-state index >= 15 is 0 Å². The van der Waals surface area contributed by atoms with Gasteiger partial charge in [0.1, 0.15) is 0 Å². The maximum atomic E-state index is 12.1. The molecule has 1 aromatic heterocycles. The first-order chi connectivity index (χ1) is 13.1. The molecular weight excluding hydrogens is 384 g/mol. The third-order valence-corrected chi connectivity index (χ3v) is 5.09. The molecule has 0 atom stereocenters. The molecule has 3 aromatic rings. The van der Waals surface area contributed by atoms with E-state index in [4.69, 9.17) is 16.0 Å². The van der Waals surface area contributed by atoms with Crippen LogP contribution >= 0.6 is 23.4 Å². The van der Waals surface area contributed by atoms with Crippen LogP contribution in [0, 0.1) is 0 Å². The summed E-state index contributed by atoms with van der Waals surface area (Å²) in [5, 5.41) is 6.24. The molecule has 0 radical (unpaired) electrons. The molecule has 0 aliphatic rings. The minimum Gasteiger partial charge on any atom is -0.459 e. The van der Waals surface area contributed by atoms with Gasteiger partial charge < -0.3 is 15.1 Å². The van der Waals surface area contributed by atoms with Crippen LogP contribution in [0.15, 0.2) is 76.2 Å². The topological polar surface area (TPSA) is 71.3 Å². The molecule has 1 heterocycles. The summed E-state index contributed by atoms with van der Waals surface area (Å²) in [4.78, 5) is 25.1. The van der Waals surface area contributed by atoms with Crippen molar-refractivity contribution in [2.75, 3.05) is 16.4 Å². The number of nitrogens with one attached hydrogen (secondary N) is 2. The van der Waals surface area contributed by atoms with Crippen LogP contribution in [-0.2, 0) is 4.79 Å². The van der Waals surface area contributed by atoms with Gasteiger partial charge in [-0.15, -0.1) is 11.8 Å². The van der Waals surface area contributed by atoms with Gasteiger partial charge in [0.2, 0.25) is 5.91 Å². The number of amides is 2. The van der Waals surface area contributed by atoms with Crippen molar-refractivity contribution < 1.29 is 14.0 Å². The molecule has 138 valence electrons. The van der Waals surface area contributed by atoms with E-state index in [1.54, 1.807) is 36.4 Å². The van der Waals surface area contributed by atoms with Crippen molar-refractivity contribution in [2.45, 2.75) is 11.3 Å². The second kappa shape index (κ2) is 9.30. The van der Waals surface area contributed by atoms with Crippen LogP contribution in [0.2, 0.25) is 5.02 Å². The van der Waals surface area contributed by atoms with Gasteiger partial charge in [0.05, 0.1) is 11.3 Å². The first-order valence-corrected chi connectivity index (χ1v) is 9.60. The smallest absolute Gasteiger partial charge is 0.291 e. The van der Waals surface area contributed by atoms with Gasteiger partial charge in [-0.1, -0.05) is 29.8 Å². The van der Waals surface area contributed by atoms with Gasteiger partial charge in [-0.25, -0.2) is 0 Å². The summed E-state index contributed by atoms with van der Waals surface area (Å²) in [5.41, 5.74) is 1.18. The molecule has 0 saturated carbocycles. The molecule has 2 aromatic carbocycles. The lowest BCUT2D eigenvalue weighted by atomic mass is 10.2. The van der Waals surface area contributed by atoms with Gasteiger partial charge in [0.15, 0.2) is 5.76 Å². The first-order valence-electron chi connectivity index (χ1n) is 8.24. The van der Waals surface area contributed by atoms with Crippen molar-refractivity contribution in [2.24, 2.45) is 0 Å². The molecule has 27 heavy (non-hydrogen) atoms. The van der Waals surface area contributed by atoms with Crippen LogP contribution in [0.3, 0.4) is 0 Å². The minimum atomic E-state index is -0.348. The molecule has 0 aliphatic heterocycles. The summed E-state index contributed by atoms with van der Waals surface area (Å²) in [6, 6.07) is 17.7. The Balaban J connectivity index is 1.50. The van der Waals surface area contributed by atoms with Crippen LogP contribution < -0.4 is 10.6 Å². The zero-order valence-electron chi connectivity index (χ0n) is 14.3. The zero-order chi connectivity index (χ0) is 19.1. The third-order valence-electron chi connectivity index (χ3n) is 3.57. The average Bonchev–Trinajstić information content (AvgIpc) is 3.18. The molecule has 0 unspecified atom stereocenters. The van der Waals surface area contributed by atoms with Gasteiger partial charge in [-0.05, 0) is 42.5 Å². The highest BCUT2D eigenvalue weighted by Gasteiger charge is 2.10. The molecule has 3 rings (SSSR count). The van der Waals surface area contributed by atoms with Crippen LogP contribution in [-0.4, -0.2) is 17.6 Å². The second-order valence-electron chi connectivity index (χ2n) is 5.59. The van der Waals surface area contributed by atoms with Crippen LogP contribution in [0.5, 0.6) is 0 Å². The number of benzene rings is 2. The predicted molar refractivity (Wildman–Crippen MR) is 109 cm³/mol. The van der Waals surface area contributed by atoms with Crippen molar-refractivity contribution in [1.82, 2.24) is 0 Å². The summed E-state index contributed by atoms with van der Waals surface area (Å²) < 4.78 is 5.06. The van der Waals surface area contributed by atoms with E-state index in [9.17, 15) is 9.59 Å². The molecular formula is C20H17ClN2O3S. The zero-order valence-corrected chi connectivity index (χ0v) is 15.8. The number of furan rings is 1. The SMILES string of the molecule is O=C(CCSc1ccccc1Cl)Nc1cccc(NC(=O)c2ccco2)c1. The Bertz CT molecular complexity index is 928. The van der Waals surface area contributed by atoms with E-state index in [-0.39, 0.29) is 17.6 Å². The van der Waals surface area contributed by atoms with E-state index in [0.717, 1.165) is 4.90 Å². The Morgan fingerprint density at radius 1 is 0.963 bits per heavy atom. The Kier molecular flexibility index (Phi) is 6.57. The minimum absolute atomic E-state index is 0.107. The fraction of sp³-hybridized carbons (Fsp3) is 0.100. The highest BCUT2D eigenvalue weighted by Crippen LogP contribution is 2.27. The monoisotopic (exact) mass is 400 g/mol. The number of carbonyl (C=O) groups is 2. The maximum absolute atomic E-state index is 12.1. The fourth-order valence-corrected chi connectivity index (χ4v) is 3.50. The number of halogens is 1. The summed E-state index contributed by atoms with van der Waals surface area (Å²) in [7, 11) is 0. The highest BCUT2D eigenvalue weighted by molar-refractivity contribution is 7.99. The van der Waals surface area contributed by atoms with E-state index in [1.807, 2.05) is 24.3 Å². The Labute approximate surface area is 166 Å². The van der Waals surface area contributed by atoms with Gasteiger partial charge in [0.25, 0.3) is 5.91 Å². The number of hydrogen-bond acceptors (Lipinski definition) is 4. The van der Waals surface area contributed by atoms with Gasteiger partial charge in [-0.2, -0.15) is 0 Å². The Morgan fingerprint density at radius 3 is 2.48 bits per heavy atom. The molecule has 0 fully saturated rings. The summed E-state index contributed by atoms with van der Waals surface area (Å²) in [6.45, 7) is 0. The summed E-state index contributed by atoms with van der Waals surface area (Å²) in [5.74, 6) is 0.384. The molecule has 7 heteroatoms. The van der Waals surface area contributed by atoms with Crippen LogP contribution in [0.1, 0.15) is 17.0 Å². The number of hydrogen-bond donors (Lipinski definition) is 2. The lowest BCUT2D eigenvalue weighted by Gasteiger charge is -2.08. The van der Waals surface area contributed by atoms with Crippen LogP contribution in [0.4, 0.5) is 11.4 Å². The molecule has 0 spiro atoms. The predicted octanol–water partition coefficient (Wildman–Crippen LogP) is 5.31. The Hall–Kier alpha value is -2.70. The third kappa shape index (κ3) is 5.64. The van der Waals surface area contributed by atoms with Gasteiger partial charge in [-0.3, -0.25) is 9.59 Å². The van der Waals surface area contributed by atoms with Crippen molar-refractivity contribution in [1.29, 1.82) is 0 Å². The number of rotatable bonds is 7. The van der Waals surface area contributed by atoms with E-state index in [1.165, 1.54) is 18.0 Å². The first kappa shape index (κ1) is 19.1. The van der Waals surface area contributed by atoms with Gasteiger partial charge >= 0.3 is 0 Å². The van der Waals surface area contributed by atoms with Crippen molar-refractivity contribution in [3.63, 3.8) is 0 Å². The maximum Gasteiger partial charge on any atom is 0.291 e. The second-order valence-corrected chi connectivity index (χ2v) is 7.13. The molecule has 5 nitrogen and oxygen atoms in total.